The first-order valence-electron chi connectivity index (χ1n) is 4.99. The van der Waals surface area contributed by atoms with Crippen LogP contribution in [0.1, 0.15) is 16.8 Å². The van der Waals surface area contributed by atoms with Crippen molar-refractivity contribution in [3.63, 3.8) is 0 Å². The minimum Gasteiger partial charge on any atom is -0.293 e. The van der Waals surface area contributed by atoms with Crippen LogP contribution in [0.5, 0.6) is 0 Å². The van der Waals surface area contributed by atoms with Gasteiger partial charge in [-0.15, -0.1) is 0 Å². The van der Waals surface area contributed by atoms with Crippen molar-refractivity contribution in [2.24, 2.45) is 0 Å². The summed E-state index contributed by atoms with van der Waals surface area (Å²) in [6.07, 6.45) is -4.72. The van der Waals surface area contributed by atoms with Gasteiger partial charge in [-0.3, -0.25) is 15.0 Å². The third kappa shape index (κ3) is 2.59. The summed E-state index contributed by atoms with van der Waals surface area (Å²) < 4.78 is 37.9. The van der Waals surface area contributed by atoms with Gasteiger partial charge in [0, 0.05) is 11.4 Å². The summed E-state index contributed by atoms with van der Waals surface area (Å²) in [5, 5.41) is 4.21. The van der Waals surface area contributed by atoms with Crippen molar-refractivity contribution in [3.8, 4) is 0 Å². The van der Waals surface area contributed by atoms with Crippen LogP contribution >= 0.6 is 11.6 Å². The van der Waals surface area contributed by atoms with Crippen LogP contribution in [0.4, 0.5) is 13.2 Å². The van der Waals surface area contributed by atoms with E-state index >= 15 is 0 Å². The molecule has 0 aliphatic rings. The lowest BCUT2D eigenvalue weighted by molar-refractivity contribution is -0.141. The molecule has 1 aromatic carbocycles. The Balaban J connectivity index is 2.41. The lowest BCUT2D eigenvalue weighted by Crippen LogP contribution is -2.13. The molecule has 18 heavy (non-hydrogen) atoms. The molecule has 7 heteroatoms. The van der Waals surface area contributed by atoms with Gasteiger partial charge < -0.3 is 0 Å². The highest BCUT2D eigenvalue weighted by Crippen LogP contribution is 2.29. The molecule has 0 aliphatic carbocycles. The van der Waals surface area contributed by atoms with E-state index in [4.69, 9.17) is 11.6 Å². The van der Waals surface area contributed by atoms with Crippen LogP contribution in [-0.2, 0) is 12.6 Å². The van der Waals surface area contributed by atoms with Gasteiger partial charge in [0.25, 0.3) is 5.56 Å². The highest BCUT2D eigenvalue weighted by atomic mass is 35.5. The second kappa shape index (κ2) is 4.53. The van der Waals surface area contributed by atoms with Gasteiger partial charge >= 0.3 is 6.18 Å². The van der Waals surface area contributed by atoms with Gasteiger partial charge in [0.05, 0.1) is 5.56 Å². The predicted molar refractivity (Wildman–Crippen MR) is 60.7 cm³/mol. The highest BCUT2D eigenvalue weighted by molar-refractivity contribution is 6.30. The van der Waals surface area contributed by atoms with Gasteiger partial charge in [-0.1, -0.05) is 23.7 Å². The van der Waals surface area contributed by atoms with Gasteiger partial charge in [-0.05, 0) is 17.7 Å². The summed E-state index contributed by atoms with van der Waals surface area (Å²) in [6, 6.07) is 6.36. The van der Waals surface area contributed by atoms with E-state index in [1.807, 2.05) is 10.2 Å². The second-order valence-electron chi connectivity index (χ2n) is 3.74. The van der Waals surface area contributed by atoms with Crippen LogP contribution in [0.25, 0.3) is 0 Å². The van der Waals surface area contributed by atoms with Crippen LogP contribution < -0.4 is 5.56 Å². The SMILES string of the molecule is O=c1[nH][nH]c(C(F)(F)F)c1Cc1cccc(Cl)c1. The minimum atomic E-state index is -4.59. The van der Waals surface area contributed by atoms with Gasteiger partial charge in [0.2, 0.25) is 0 Å². The molecule has 1 heterocycles. The normalized spacial score (nSPS) is 11.8. The Bertz CT molecular complexity index is 615. The van der Waals surface area contributed by atoms with Crippen molar-refractivity contribution < 1.29 is 13.2 Å². The van der Waals surface area contributed by atoms with E-state index in [0.29, 0.717) is 10.6 Å². The number of rotatable bonds is 2. The summed E-state index contributed by atoms with van der Waals surface area (Å²) in [7, 11) is 0. The molecule has 0 aliphatic heterocycles. The summed E-state index contributed by atoms with van der Waals surface area (Å²) in [5.74, 6) is 0. The maximum absolute atomic E-state index is 12.6. The van der Waals surface area contributed by atoms with Crippen LogP contribution in [0, 0.1) is 0 Å². The van der Waals surface area contributed by atoms with Crippen molar-refractivity contribution in [2.45, 2.75) is 12.6 Å². The molecule has 96 valence electrons. The molecule has 0 radical (unpaired) electrons. The molecule has 0 fully saturated rings. The Labute approximate surface area is 105 Å². The third-order valence-corrected chi connectivity index (χ3v) is 2.67. The number of hydrogen-bond acceptors (Lipinski definition) is 1. The van der Waals surface area contributed by atoms with E-state index in [-0.39, 0.29) is 12.0 Å². The molecule has 0 atom stereocenters. The number of benzene rings is 1. The van der Waals surface area contributed by atoms with Gasteiger partial charge in [0.15, 0.2) is 0 Å². The van der Waals surface area contributed by atoms with Crippen LogP contribution in [0.3, 0.4) is 0 Å². The fraction of sp³-hybridized carbons (Fsp3) is 0.182. The van der Waals surface area contributed by atoms with Crippen molar-refractivity contribution >= 4 is 11.6 Å². The first-order valence-corrected chi connectivity index (χ1v) is 5.37. The molecule has 0 unspecified atom stereocenters. The third-order valence-electron chi connectivity index (χ3n) is 2.43. The molecule has 2 N–H and O–H groups in total. The van der Waals surface area contributed by atoms with Crippen LogP contribution in [-0.4, -0.2) is 10.2 Å². The van der Waals surface area contributed by atoms with E-state index in [1.165, 1.54) is 6.07 Å². The highest BCUT2D eigenvalue weighted by Gasteiger charge is 2.36. The predicted octanol–water partition coefficient (Wildman–Crippen LogP) is 2.97. The monoisotopic (exact) mass is 276 g/mol. The Hall–Kier alpha value is -1.69. The number of halogens is 4. The molecule has 1 aromatic heterocycles. The first-order chi connectivity index (χ1) is 8.38. The fourth-order valence-electron chi connectivity index (χ4n) is 1.65. The molecule has 0 bridgehead atoms. The van der Waals surface area contributed by atoms with E-state index in [1.54, 1.807) is 18.2 Å². The van der Waals surface area contributed by atoms with Gasteiger partial charge in [0.1, 0.15) is 5.69 Å². The molecule has 2 aromatic rings. The Morgan fingerprint density at radius 3 is 2.56 bits per heavy atom. The molecule has 0 saturated heterocycles. The Morgan fingerprint density at radius 1 is 1.22 bits per heavy atom. The maximum atomic E-state index is 12.6. The largest absolute Gasteiger partial charge is 0.433 e. The fourth-order valence-corrected chi connectivity index (χ4v) is 1.86. The second-order valence-corrected chi connectivity index (χ2v) is 4.17. The molecule has 0 saturated carbocycles. The number of nitrogens with one attached hydrogen (secondary N) is 2. The molecule has 2 rings (SSSR count). The van der Waals surface area contributed by atoms with Crippen molar-refractivity contribution in [3.05, 3.63) is 56.5 Å². The van der Waals surface area contributed by atoms with E-state index < -0.39 is 17.4 Å². The average molecular weight is 277 g/mol. The van der Waals surface area contributed by atoms with E-state index in [9.17, 15) is 18.0 Å². The standard InChI is InChI=1S/C11H8ClF3N2O/c12-7-3-1-2-6(4-7)5-8-9(11(13,14)15)16-17-10(8)18/h1-4H,5H2,(H2,16,17,18). The van der Waals surface area contributed by atoms with Crippen LogP contribution in [0.2, 0.25) is 5.02 Å². The number of aromatic amines is 2. The minimum absolute atomic E-state index is 0.131. The molecule has 0 amide bonds. The van der Waals surface area contributed by atoms with E-state index in [0.717, 1.165) is 0 Å². The van der Waals surface area contributed by atoms with Crippen molar-refractivity contribution in [1.82, 2.24) is 10.2 Å². The summed E-state index contributed by atoms with van der Waals surface area (Å²) >= 11 is 5.74. The smallest absolute Gasteiger partial charge is 0.293 e. The van der Waals surface area contributed by atoms with E-state index in [2.05, 4.69) is 0 Å². The first kappa shape index (κ1) is 12.8. The Morgan fingerprint density at radius 2 is 1.94 bits per heavy atom. The maximum Gasteiger partial charge on any atom is 0.433 e. The van der Waals surface area contributed by atoms with Crippen LogP contribution in [0.15, 0.2) is 29.1 Å². The summed E-state index contributed by atoms with van der Waals surface area (Å²) in [6.45, 7) is 0. The number of alkyl halides is 3. The zero-order valence-corrected chi connectivity index (χ0v) is 9.69. The van der Waals surface area contributed by atoms with Crippen molar-refractivity contribution in [1.29, 1.82) is 0 Å². The quantitative estimate of drug-likeness (QED) is 0.870. The lowest BCUT2D eigenvalue weighted by atomic mass is 10.1. The zero-order valence-electron chi connectivity index (χ0n) is 8.94. The Kier molecular flexibility index (Phi) is 3.21. The number of H-pyrrole nitrogens is 2. The molecule has 3 nitrogen and oxygen atoms in total. The summed E-state index contributed by atoms with van der Waals surface area (Å²) in [5.41, 5.74) is -1.63. The average Bonchev–Trinajstić information content (AvgIpc) is 2.60. The number of aromatic nitrogens is 2. The topological polar surface area (TPSA) is 48.6 Å². The number of hydrogen-bond donors (Lipinski definition) is 2. The molecular formula is C11H8ClF3N2O. The summed E-state index contributed by atoms with van der Waals surface area (Å²) in [4.78, 5) is 11.4. The zero-order chi connectivity index (χ0) is 13.3. The molecule has 0 spiro atoms. The van der Waals surface area contributed by atoms with Gasteiger partial charge in [-0.2, -0.15) is 13.2 Å². The lowest BCUT2D eigenvalue weighted by Gasteiger charge is -2.06. The van der Waals surface area contributed by atoms with Gasteiger partial charge in [-0.25, -0.2) is 0 Å². The molecular weight excluding hydrogens is 269 g/mol. The van der Waals surface area contributed by atoms with Crippen molar-refractivity contribution in [2.75, 3.05) is 0 Å².